The van der Waals surface area contributed by atoms with Gasteiger partial charge in [-0.2, -0.15) is 0 Å². The molecule has 1 N–H and O–H groups in total. The molecule has 0 rings (SSSR count). The summed E-state index contributed by atoms with van der Waals surface area (Å²) in [5, 5.41) is 10.0. The molecule has 0 aliphatic heterocycles. The highest BCUT2D eigenvalue weighted by Gasteiger charge is 2.05. The van der Waals surface area contributed by atoms with E-state index in [1.165, 1.54) is 12.8 Å². The van der Waals surface area contributed by atoms with Gasteiger partial charge in [0.15, 0.2) is 5.34 Å². The molecule has 0 aliphatic carbocycles. The van der Waals surface area contributed by atoms with Gasteiger partial charge in [0.2, 0.25) is 0 Å². The van der Waals surface area contributed by atoms with Gasteiger partial charge in [0.05, 0.1) is 0 Å². The highest BCUT2D eigenvalue weighted by Crippen LogP contribution is 2.09. The van der Waals surface area contributed by atoms with E-state index >= 15 is 0 Å². The molecule has 0 saturated heterocycles. The van der Waals surface area contributed by atoms with Crippen LogP contribution in [0, 0.1) is 4.91 Å². The molecular formula is C11H21NO4. The summed E-state index contributed by atoms with van der Waals surface area (Å²) in [6.07, 6.45) is 6.23. The topological polar surface area (TPSA) is 76.0 Å². The summed E-state index contributed by atoms with van der Waals surface area (Å²) in [4.78, 5) is 23.6. The van der Waals surface area contributed by atoms with Crippen molar-refractivity contribution >= 4 is 5.97 Å². The van der Waals surface area contributed by atoms with Crippen LogP contribution in [0.2, 0.25) is 0 Å². The van der Waals surface area contributed by atoms with Gasteiger partial charge in [0.1, 0.15) is 6.10 Å². The molecule has 0 bridgehead atoms. The van der Waals surface area contributed by atoms with Crippen LogP contribution >= 0.6 is 0 Å². The Bertz CT molecular complexity index is 194. The van der Waals surface area contributed by atoms with Crippen LogP contribution < -0.4 is 0 Å². The number of nitrogens with zero attached hydrogens (tertiary/aromatic N) is 1. The Balaban J connectivity index is 0. The van der Waals surface area contributed by atoms with Gasteiger partial charge in [-0.1, -0.05) is 33.3 Å². The smallest absolute Gasteiger partial charge is 0.327 e. The maximum absolute atomic E-state index is 9.73. The summed E-state index contributed by atoms with van der Waals surface area (Å²) in [6.45, 7) is 7.11. The molecule has 0 aliphatic rings. The standard InChI is InChI=1S/C8H17NO2.C3H4O2/c1-3-5-6-7-8(4-2)11-9-10;1-2-3(4)5/h8H,3-7H2,1-2H3;2H,1H2,(H,4,5). The predicted octanol–water partition coefficient (Wildman–Crippen LogP) is 3.30. The Hall–Kier alpha value is -1.39. The van der Waals surface area contributed by atoms with E-state index in [2.05, 4.69) is 23.7 Å². The zero-order valence-electron chi connectivity index (χ0n) is 10.0. The fourth-order valence-corrected chi connectivity index (χ4v) is 1.01. The highest BCUT2D eigenvalue weighted by atomic mass is 16.7. The molecular weight excluding hydrogens is 210 g/mol. The number of rotatable bonds is 8. The number of unbranched alkanes of at least 4 members (excludes halogenated alkanes) is 2. The average Bonchev–Trinajstić information content (AvgIpc) is 2.29. The lowest BCUT2D eigenvalue weighted by molar-refractivity contribution is -0.131. The highest BCUT2D eigenvalue weighted by molar-refractivity contribution is 5.78. The van der Waals surface area contributed by atoms with Gasteiger partial charge in [0, 0.05) is 6.08 Å². The lowest BCUT2D eigenvalue weighted by atomic mass is 10.1. The molecule has 0 amide bonds. The third-order valence-electron chi connectivity index (χ3n) is 1.95. The zero-order chi connectivity index (χ0) is 12.8. The molecule has 0 saturated carbocycles. The second kappa shape index (κ2) is 13.6. The van der Waals surface area contributed by atoms with Crippen LogP contribution in [-0.4, -0.2) is 17.2 Å². The molecule has 1 atom stereocenters. The van der Waals surface area contributed by atoms with Gasteiger partial charge < -0.3 is 9.94 Å². The van der Waals surface area contributed by atoms with Gasteiger partial charge in [0.25, 0.3) is 0 Å². The number of carbonyl (C=O) groups is 1. The number of aliphatic carboxylic acids is 1. The van der Waals surface area contributed by atoms with Crippen LogP contribution in [0.1, 0.15) is 46.0 Å². The van der Waals surface area contributed by atoms with E-state index < -0.39 is 5.97 Å². The van der Waals surface area contributed by atoms with Gasteiger partial charge >= 0.3 is 5.97 Å². The van der Waals surface area contributed by atoms with Crippen molar-refractivity contribution in [2.75, 3.05) is 0 Å². The summed E-state index contributed by atoms with van der Waals surface area (Å²) in [5.41, 5.74) is 0. The SMILES string of the molecule is C=CC(=O)O.CCCCCC(CC)ON=O. The van der Waals surface area contributed by atoms with E-state index in [0.717, 1.165) is 25.3 Å². The molecule has 0 aromatic carbocycles. The molecule has 5 nitrogen and oxygen atoms in total. The minimum atomic E-state index is -0.981. The molecule has 0 spiro atoms. The summed E-state index contributed by atoms with van der Waals surface area (Å²) < 4.78 is 0. The van der Waals surface area contributed by atoms with Crippen molar-refractivity contribution in [3.05, 3.63) is 17.6 Å². The van der Waals surface area contributed by atoms with Crippen LogP contribution in [-0.2, 0) is 9.63 Å². The minimum absolute atomic E-state index is 0.0408. The molecule has 16 heavy (non-hydrogen) atoms. The Kier molecular flexibility index (Phi) is 14.5. The Labute approximate surface area is 96.4 Å². The van der Waals surface area contributed by atoms with Crippen LogP contribution in [0.5, 0.6) is 0 Å². The minimum Gasteiger partial charge on any atom is -0.478 e. The summed E-state index contributed by atoms with van der Waals surface area (Å²) in [6, 6.07) is 0. The third kappa shape index (κ3) is 15.1. The summed E-state index contributed by atoms with van der Waals surface area (Å²) in [7, 11) is 0. The van der Waals surface area contributed by atoms with E-state index in [9.17, 15) is 9.70 Å². The van der Waals surface area contributed by atoms with Crippen molar-refractivity contribution < 1.29 is 14.7 Å². The maximum Gasteiger partial charge on any atom is 0.327 e. The Morgan fingerprint density at radius 1 is 1.50 bits per heavy atom. The number of hydrogen-bond acceptors (Lipinski definition) is 4. The third-order valence-corrected chi connectivity index (χ3v) is 1.95. The average molecular weight is 231 g/mol. The van der Waals surface area contributed by atoms with Crippen molar-refractivity contribution in [2.24, 2.45) is 5.34 Å². The number of carboxylic acids is 1. The van der Waals surface area contributed by atoms with E-state index in [0.29, 0.717) is 0 Å². The second-order valence-corrected chi connectivity index (χ2v) is 3.25. The Morgan fingerprint density at radius 3 is 2.38 bits per heavy atom. The molecule has 94 valence electrons. The number of carboxylic acid groups (broad SMARTS) is 1. The fourth-order valence-electron chi connectivity index (χ4n) is 1.01. The van der Waals surface area contributed by atoms with E-state index in [4.69, 9.17) is 5.11 Å². The van der Waals surface area contributed by atoms with Gasteiger partial charge in [-0.25, -0.2) is 4.79 Å². The molecule has 5 heteroatoms. The van der Waals surface area contributed by atoms with Gasteiger partial charge in [-0.15, -0.1) is 4.91 Å². The van der Waals surface area contributed by atoms with Crippen molar-refractivity contribution in [3.63, 3.8) is 0 Å². The summed E-state index contributed by atoms with van der Waals surface area (Å²) >= 11 is 0. The van der Waals surface area contributed by atoms with Crippen molar-refractivity contribution in [2.45, 2.75) is 52.1 Å². The van der Waals surface area contributed by atoms with E-state index in [1.807, 2.05) is 6.92 Å². The van der Waals surface area contributed by atoms with E-state index in [-0.39, 0.29) is 6.10 Å². The molecule has 0 radical (unpaired) electrons. The second-order valence-electron chi connectivity index (χ2n) is 3.25. The van der Waals surface area contributed by atoms with Crippen molar-refractivity contribution in [1.82, 2.24) is 0 Å². The first-order chi connectivity index (χ1) is 7.62. The Morgan fingerprint density at radius 2 is 2.06 bits per heavy atom. The largest absolute Gasteiger partial charge is 0.478 e. The van der Waals surface area contributed by atoms with E-state index in [1.54, 1.807) is 0 Å². The number of hydrogen-bond donors (Lipinski definition) is 1. The van der Waals surface area contributed by atoms with Gasteiger partial charge in [-0.05, 0) is 19.3 Å². The van der Waals surface area contributed by atoms with Crippen LogP contribution in [0.25, 0.3) is 0 Å². The first kappa shape index (κ1) is 17.0. The zero-order valence-corrected chi connectivity index (χ0v) is 10.0. The van der Waals surface area contributed by atoms with Crippen LogP contribution in [0.4, 0.5) is 0 Å². The summed E-state index contributed by atoms with van der Waals surface area (Å²) in [5.74, 6) is -0.981. The fraction of sp³-hybridized carbons (Fsp3) is 0.727. The molecule has 0 aromatic rings. The monoisotopic (exact) mass is 231 g/mol. The lowest BCUT2D eigenvalue weighted by Gasteiger charge is -2.08. The maximum atomic E-state index is 9.73. The molecule has 0 aromatic heterocycles. The quantitative estimate of drug-likeness (QED) is 0.301. The molecule has 1 unspecified atom stereocenters. The molecule has 0 heterocycles. The van der Waals surface area contributed by atoms with Crippen molar-refractivity contribution in [3.8, 4) is 0 Å². The van der Waals surface area contributed by atoms with Gasteiger partial charge in [-0.3, -0.25) is 0 Å². The predicted molar refractivity (Wildman–Crippen MR) is 62.9 cm³/mol. The first-order valence-corrected chi connectivity index (χ1v) is 5.46. The van der Waals surface area contributed by atoms with Crippen molar-refractivity contribution in [1.29, 1.82) is 0 Å². The molecule has 0 fully saturated rings. The van der Waals surface area contributed by atoms with Crippen LogP contribution in [0.3, 0.4) is 0 Å². The lowest BCUT2D eigenvalue weighted by Crippen LogP contribution is -2.07. The normalized spacial score (nSPS) is 10.6. The van der Waals surface area contributed by atoms with Crippen LogP contribution in [0.15, 0.2) is 18.0 Å². The first-order valence-electron chi connectivity index (χ1n) is 5.46.